The second kappa shape index (κ2) is 6.31. The lowest BCUT2D eigenvalue weighted by molar-refractivity contribution is 0.341. The zero-order chi connectivity index (χ0) is 12.1. The molecule has 2 N–H and O–H groups in total. The van der Waals surface area contributed by atoms with E-state index in [4.69, 9.17) is 5.73 Å². The molecule has 94 valence electrons. The first-order chi connectivity index (χ1) is 8.25. The molecule has 0 aromatic heterocycles. The van der Waals surface area contributed by atoms with E-state index in [1.54, 1.807) is 0 Å². The predicted molar refractivity (Wildman–Crippen MR) is 76.6 cm³/mol. The van der Waals surface area contributed by atoms with Crippen molar-refractivity contribution in [2.24, 2.45) is 0 Å². The van der Waals surface area contributed by atoms with Crippen LogP contribution in [0.2, 0.25) is 0 Å². The van der Waals surface area contributed by atoms with E-state index in [1.807, 2.05) is 17.8 Å². The highest BCUT2D eigenvalue weighted by atomic mass is 32.2. The Balaban J connectivity index is 1.72. The smallest absolute Gasteiger partial charge is 0.0452 e. The highest BCUT2D eigenvalue weighted by Gasteiger charge is 2.10. The molecule has 1 saturated heterocycles. The van der Waals surface area contributed by atoms with Crippen molar-refractivity contribution in [2.45, 2.75) is 31.1 Å². The van der Waals surface area contributed by atoms with Gasteiger partial charge in [0.25, 0.3) is 0 Å². The van der Waals surface area contributed by atoms with Gasteiger partial charge >= 0.3 is 0 Å². The van der Waals surface area contributed by atoms with Gasteiger partial charge < -0.3 is 10.6 Å². The number of anilines is 1. The number of benzene rings is 1. The fourth-order valence-corrected chi connectivity index (χ4v) is 3.24. The Morgan fingerprint density at radius 3 is 2.82 bits per heavy atom. The fourth-order valence-electron chi connectivity index (χ4n) is 2.24. The van der Waals surface area contributed by atoms with E-state index in [9.17, 15) is 0 Å². The van der Waals surface area contributed by atoms with Crippen LogP contribution in [-0.2, 0) is 0 Å². The number of nitrogens with two attached hydrogens (primary N) is 1. The van der Waals surface area contributed by atoms with Crippen molar-refractivity contribution in [3.63, 3.8) is 0 Å². The maximum atomic E-state index is 5.96. The molecule has 1 aliphatic rings. The minimum Gasteiger partial charge on any atom is -0.398 e. The highest BCUT2D eigenvalue weighted by molar-refractivity contribution is 7.99. The third-order valence-corrected chi connectivity index (χ3v) is 4.40. The van der Waals surface area contributed by atoms with Gasteiger partial charge in [0.2, 0.25) is 0 Å². The van der Waals surface area contributed by atoms with Gasteiger partial charge in [-0.3, -0.25) is 0 Å². The molecule has 1 heterocycles. The molecule has 1 aromatic carbocycles. The Kier molecular flexibility index (Phi) is 4.75. The number of thioether (sulfide) groups is 1. The summed E-state index contributed by atoms with van der Waals surface area (Å²) in [4.78, 5) is 3.81. The molecule has 0 bridgehead atoms. The molecular weight excluding hydrogens is 228 g/mol. The molecule has 0 radical (unpaired) electrons. The molecule has 1 aliphatic heterocycles. The average molecular weight is 250 g/mol. The Hall–Kier alpha value is -0.670. The summed E-state index contributed by atoms with van der Waals surface area (Å²) in [6.07, 6.45) is 4.04. The van der Waals surface area contributed by atoms with E-state index in [0.717, 1.165) is 5.69 Å². The minimum atomic E-state index is 0.918. The zero-order valence-electron chi connectivity index (χ0n) is 10.6. The maximum absolute atomic E-state index is 5.96. The normalized spacial score (nSPS) is 16.5. The Bertz CT molecular complexity index is 359. The van der Waals surface area contributed by atoms with Gasteiger partial charge in [0.1, 0.15) is 0 Å². The number of likely N-dealkylation sites (tertiary alicyclic amines) is 1. The quantitative estimate of drug-likeness (QED) is 0.494. The minimum absolute atomic E-state index is 0.918. The molecule has 0 spiro atoms. The molecule has 0 atom stereocenters. The molecule has 0 amide bonds. The van der Waals surface area contributed by atoms with E-state index < -0.39 is 0 Å². The van der Waals surface area contributed by atoms with Gasteiger partial charge in [-0.15, -0.1) is 11.8 Å². The second-order valence-electron chi connectivity index (χ2n) is 4.79. The van der Waals surface area contributed by atoms with Crippen LogP contribution in [0.1, 0.15) is 24.8 Å². The lowest BCUT2D eigenvalue weighted by Crippen LogP contribution is -2.20. The van der Waals surface area contributed by atoms with Crippen molar-refractivity contribution in [1.82, 2.24) is 4.90 Å². The van der Waals surface area contributed by atoms with Gasteiger partial charge in [0.15, 0.2) is 0 Å². The van der Waals surface area contributed by atoms with Crippen molar-refractivity contribution >= 4 is 17.4 Å². The predicted octanol–water partition coefficient (Wildman–Crippen LogP) is 3.16. The summed E-state index contributed by atoms with van der Waals surface area (Å²) in [5, 5.41) is 0. The summed E-state index contributed by atoms with van der Waals surface area (Å²) < 4.78 is 0. The highest BCUT2D eigenvalue weighted by Crippen LogP contribution is 2.26. The zero-order valence-corrected chi connectivity index (χ0v) is 11.4. The second-order valence-corrected chi connectivity index (χ2v) is 5.93. The molecule has 3 heteroatoms. The SMILES string of the molecule is Cc1ccc(N)c(SCCCN2CCCC2)c1. The summed E-state index contributed by atoms with van der Waals surface area (Å²) in [5.41, 5.74) is 8.17. The summed E-state index contributed by atoms with van der Waals surface area (Å²) in [7, 11) is 0. The van der Waals surface area contributed by atoms with Gasteiger partial charge in [0, 0.05) is 10.6 Å². The molecule has 2 nitrogen and oxygen atoms in total. The van der Waals surface area contributed by atoms with Gasteiger partial charge in [0.05, 0.1) is 0 Å². The molecule has 17 heavy (non-hydrogen) atoms. The summed E-state index contributed by atoms with van der Waals surface area (Å²) in [5.74, 6) is 1.17. The van der Waals surface area contributed by atoms with Crippen molar-refractivity contribution in [3.8, 4) is 0 Å². The number of rotatable bonds is 5. The van der Waals surface area contributed by atoms with Gasteiger partial charge in [-0.25, -0.2) is 0 Å². The van der Waals surface area contributed by atoms with Crippen LogP contribution in [0.5, 0.6) is 0 Å². The average Bonchev–Trinajstić information content (AvgIpc) is 2.82. The van der Waals surface area contributed by atoms with Crippen LogP contribution in [0.15, 0.2) is 23.1 Å². The van der Waals surface area contributed by atoms with E-state index in [1.165, 1.54) is 55.1 Å². The number of hydrogen-bond donors (Lipinski definition) is 1. The van der Waals surface area contributed by atoms with E-state index in [2.05, 4.69) is 24.0 Å². The van der Waals surface area contributed by atoms with Crippen LogP contribution in [-0.4, -0.2) is 30.3 Å². The van der Waals surface area contributed by atoms with Gasteiger partial charge in [-0.05, 0) is 69.3 Å². The van der Waals surface area contributed by atoms with Crippen LogP contribution in [0.4, 0.5) is 5.69 Å². The third kappa shape index (κ3) is 3.93. The third-order valence-electron chi connectivity index (χ3n) is 3.24. The maximum Gasteiger partial charge on any atom is 0.0452 e. The first-order valence-electron chi connectivity index (χ1n) is 6.47. The molecule has 1 fully saturated rings. The van der Waals surface area contributed by atoms with Crippen LogP contribution in [0, 0.1) is 6.92 Å². The topological polar surface area (TPSA) is 29.3 Å². The number of hydrogen-bond acceptors (Lipinski definition) is 3. The fraction of sp³-hybridized carbons (Fsp3) is 0.571. The lowest BCUT2D eigenvalue weighted by atomic mass is 10.2. The van der Waals surface area contributed by atoms with Crippen molar-refractivity contribution in [1.29, 1.82) is 0 Å². The monoisotopic (exact) mass is 250 g/mol. The first-order valence-corrected chi connectivity index (χ1v) is 7.45. The Morgan fingerprint density at radius 2 is 2.06 bits per heavy atom. The molecule has 0 aliphatic carbocycles. The standard InChI is InChI=1S/C14H22N2S/c1-12-5-6-13(15)14(11-12)17-10-4-9-16-7-2-3-8-16/h5-6,11H,2-4,7-10,15H2,1H3. The van der Waals surface area contributed by atoms with Crippen LogP contribution in [0.25, 0.3) is 0 Å². The number of nitrogens with zero attached hydrogens (tertiary/aromatic N) is 1. The molecule has 0 saturated carbocycles. The van der Waals surface area contributed by atoms with Crippen LogP contribution in [0.3, 0.4) is 0 Å². The summed E-state index contributed by atoms with van der Waals surface area (Å²) >= 11 is 1.89. The van der Waals surface area contributed by atoms with Gasteiger partial charge in [-0.2, -0.15) is 0 Å². The number of nitrogen functional groups attached to an aromatic ring is 1. The molecule has 0 unspecified atom stereocenters. The van der Waals surface area contributed by atoms with Crippen molar-refractivity contribution < 1.29 is 0 Å². The first kappa shape index (κ1) is 12.8. The summed E-state index contributed by atoms with van der Waals surface area (Å²) in [6.45, 7) is 5.97. The number of aryl methyl sites for hydroxylation is 1. The molecule has 1 aromatic rings. The van der Waals surface area contributed by atoms with E-state index in [-0.39, 0.29) is 0 Å². The molecular formula is C14H22N2S. The molecule has 2 rings (SSSR count). The van der Waals surface area contributed by atoms with E-state index >= 15 is 0 Å². The van der Waals surface area contributed by atoms with Crippen LogP contribution < -0.4 is 5.73 Å². The van der Waals surface area contributed by atoms with E-state index in [0.29, 0.717) is 0 Å². The van der Waals surface area contributed by atoms with Gasteiger partial charge in [-0.1, -0.05) is 6.07 Å². The van der Waals surface area contributed by atoms with Crippen LogP contribution >= 0.6 is 11.8 Å². The Labute approximate surface area is 109 Å². The lowest BCUT2D eigenvalue weighted by Gasteiger charge is -2.14. The van der Waals surface area contributed by atoms with Crippen molar-refractivity contribution in [3.05, 3.63) is 23.8 Å². The largest absolute Gasteiger partial charge is 0.398 e. The summed E-state index contributed by atoms with van der Waals surface area (Å²) in [6, 6.07) is 6.28. The van der Waals surface area contributed by atoms with Crippen molar-refractivity contribution in [2.75, 3.05) is 31.1 Å². The Morgan fingerprint density at radius 1 is 1.29 bits per heavy atom.